The standard InChI is InChI=1S/C11H25NOSi/c1-4-8-11(5-2)13-14-10-7-9-12-6-3/h6,11H,4-5,7-10,14H2,1-3H3. The lowest BCUT2D eigenvalue weighted by Gasteiger charge is -2.14. The van der Waals surface area contributed by atoms with Crippen LogP contribution in [-0.4, -0.2) is 28.6 Å². The van der Waals surface area contributed by atoms with E-state index in [-0.39, 0.29) is 9.76 Å². The predicted molar refractivity (Wildman–Crippen MR) is 67.1 cm³/mol. The molecule has 2 nitrogen and oxygen atoms in total. The van der Waals surface area contributed by atoms with Gasteiger partial charge >= 0.3 is 0 Å². The molecule has 0 aromatic carbocycles. The Kier molecular flexibility index (Phi) is 10.8. The van der Waals surface area contributed by atoms with E-state index >= 15 is 0 Å². The van der Waals surface area contributed by atoms with Crippen LogP contribution in [0.2, 0.25) is 6.04 Å². The molecule has 0 rings (SSSR count). The summed E-state index contributed by atoms with van der Waals surface area (Å²) in [6, 6.07) is 1.28. The zero-order chi connectivity index (χ0) is 10.6. The van der Waals surface area contributed by atoms with Crippen molar-refractivity contribution in [2.24, 2.45) is 4.99 Å². The summed E-state index contributed by atoms with van der Waals surface area (Å²) in [6.45, 7) is 7.40. The molecular weight excluding hydrogens is 190 g/mol. The Labute approximate surface area is 91.1 Å². The first kappa shape index (κ1) is 13.8. The van der Waals surface area contributed by atoms with Crippen molar-refractivity contribution in [1.82, 2.24) is 0 Å². The van der Waals surface area contributed by atoms with E-state index < -0.39 is 0 Å². The summed E-state index contributed by atoms with van der Waals surface area (Å²) in [5, 5.41) is 0. The van der Waals surface area contributed by atoms with E-state index in [9.17, 15) is 0 Å². The van der Waals surface area contributed by atoms with Gasteiger partial charge in [-0.2, -0.15) is 0 Å². The summed E-state index contributed by atoms with van der Waals surface area (Å²) >= 11 is 0. The van der Waals surface area contributed by atoms with Gasteiger partial charge in [-0.1, -0.05) is 20.3 Å². The zero-order valence-corrected chi connectivity index (χ0v) is 11.4. The Morgan fingerprint density at radius 3 is 2.79 bits per heavy atom. The molecule has 0 bridgehead atoms. The zero-order valence-electron chi connectivity index (χ0n) is 9.96. The van der Waals surface area contributed by atoms with Crippen molar-refractivity contribution in [2.45, 2.75) is 58.6 Å². The molecule has 0 aromatic heterocycles. The van der Waals surface area contributed by atoms with Crippen LogP contribution in [0.15, 0.2) is 4.99 Å². The van der Waals surface area contributed by atoms with E-state index in [1.54, 1.807) is 0 Å². The molecule has 0 saturated carbocycles. The van der Waals surface area contributed by atoms with Gasteiger partial charge in [-0.15, -0.1) is 0 Å². The minimum atomic E-state index is -0.269. The second-order valence-electron chi connectivity index (χ2n) is 3.56. The van der Waals surface area contributed by atoms with Gasteiger partial charge in [-0.25, -0.2) is 0 Å². The molecule has 0 spiro atoms. The topological polar surface area (TPSA) is 21.6 Å². The molecule has 0 aromatic rings. The van der Waals surface area contributed by atoms with Gasteiger partial charge in [0.1, 0.15) is 0 Å². The van der Waals surface area contributed by atoms with Crippen molar-refractivity contribution in [3.05, 3.63) is 0 Å². The second kappa shape index (κ2) is 10.9. The third-order valence-corrected chi connectivity index (χ3v) is 3.78. The van der Waals surface area contributed by atoms with E-state index in [2.05, 4.69) is 18.8 Å². The average molecular weight is 215 g/mol. The van der Waals surface area contributed by atoms with Crippen LogP contribution in [0.4, 0.5) is 0 Å². The third kappa shape index (κ3) is 8.45. The van der Waals surface area contributed by atoms with Crippen molar-refractivity contribution >= 4 is 16.0 Å². The molecule has 0 aliphatic carbocycles. The summed E-state index contributed by atoms with van der Waals surface area (Å²) < 4.78 is 5.90. The molecule has 0 radical (unpaired) electrons. The van der Waals surface area contributed by atoms with E-state index in [0.29, 0.717) is 6.10 Å². The quantitative estimate of drug-likeness (QED) is 0.329. The highest BCUT2D eigenvalue weighted by atomic mass is 28.2. The third-order valence-electron chi connectivity index (χ3n) is 2.28. The fourth-order valence-electron chi connectivity index (χ4n) is 1.41. The lowest BCUT2D eigenvalue weighted by atomic mass is 10.2. The van der Waals surface area contributed by atoms with Gasteiger partial charge in [-0.3, -0.25) is 4.99 Å². The molecule has 14 heavy (non-hydrogen) atoms. The normalized spacial score (nSPS) is 14.5. The van der Waals surface area contributed by atoms with Gasteiger partial charge in [-0.05, 0) is 38.4 Å². The maximum Gasteiger partial charge on any atom is 0.162 e. The first-order valence-corrected chi connectivity index (χ1v) is 7.48. The van der Waals surface area contributed by atoms with Crippen molar-refractivity contribution < 1.29 is 4.43 Å². The molecule has 0 saturated heterocycles. The Bertz CT molecular complexity index is 139. The van der Waals surface area contributed by atoms with Crippen molar-refractivity contribution in [3.8, 4) is 0 Å². The summed E-state index contributed by atoms with van der Waals surface area (Å²) in [5.74, 6) is 0. The number of rotatable bonds is 9. The van der Waals surface area contributed by atoms with Gasteiger partial charge in [0.05, 0.1) is 0 Å². The largest absolute Gasteiger partial charge is 0.421 e. The average Bonchev–Trinajstić information content (AvgIpc) is 2.21. The molecule has 0 aliphatic heterocycles. The van der Waals surface area contributed by atoms with Crippen molar-refractivity contribution in [3.63, 3.8) is 0 Å². The molecular formula is C11H25NOSi. The summed E-state index contributed by atoms with van der Waals surface area (Å²) in [7, 11) is -0.269. The summed E-state index contributed by atoms with van der Waals surface area (Å²) in [6.07, 6.45) is 7.28. The minimum absolute atomic E-state index is 0.269. The van der Waals surface area contributed by atoms with Gasteiger partial charge in [0.2, 0.25) is 0 Å². The fraction of sp³-hybridized carbons (Fsp3) is 0.909. The SMILES string of the molecule is CC=NCCC[SiH2]OC(CC)CCC. The summed E-state index contributed by atoms with van der Waals surface area (Å²) in [4.78, 5) is 4.19. The highest BCUT2D eigenvalue weighted by molar-refractivity contribution is 6.27. The highest BCUT2D eigenvalue weighted by Gasteiger charge is 2.03. The van der Waals surface area contributed by atoms with Crippen LogP contribution in [0.25, 0.3) is 0 Å². The summed E-state index contributed by atoms with van der Waals surface area (Å²) in [5.41, 5.74) is 0. The molecule has 0 heterocycles. The van der Waals surface area contributed by atoms with Crippen LogP contribution in [0.5, 0.6) is 0 Å². The molecule has 0 aliphatic rings. The molecule has 1 atom stereocenters. The molecule has 3 heteroatoms. The number of aliphatic imine (C=N–C) groups is 1. The van der Waals surface area contributed by atoms with E-state index in [1.165, 1.54) is 31.7 Å². The van der Waals surface area contributed by atoms with E-state index in [4.69, 9.17) is 4.43 Å². The van der Waals surface area contributed by atoms with Gasteiger partial charge in [0.15, 0.2) is 9.76 Å². The highest BCUT2D eigenvalue weighted by Crippen LogP contribution is 2.06. The van der Waals surface area contributed by atoms with Gasteiger partial charge < -0.3 is 4.43 Å². The Hall–Kier alpha value is -0.153. The van der Waals surface area contributed by atoms with Crippen LogP contribution in [0, 0.1) is 0 Å². The first-order chi connectivity index (χ1) is 6.85. The second-order valence-corrected chi connectivity index (χ2v) is 5.01. The Morgan fingerprint density at radius 1 is 1.43 bits per heavy atom. The van der Waals surface area contributed by atoms with Crippen LogP contribution in [-0.2, 0) is 4.43 Å². The number of hydrogen-bond acceptors (Lipinski definition) is 2. The Morgan fingerprint density at radius 2 is 2.21 bits per heavy atom. The van der Waals surface area contributed by atoms with Gasteiger partial charge in [0.25, 0.3) is 0 Å². The van der Waals surface area contributed by atoms with Crippen LogP contribution >= 0.6 is 0 Å². The molecule has 84 valence electrons. The molecule has 1 unspecified atom stereocenters. The monoisotopic (exact) mass is 215 g/mol. The molecule has 0 fully saturated rings. The van der Waals surface area contributed by atoms with Gasteiger partial charge in [0, 0.05) is 12.6 Å². The minimum Gasteiger partial charge on any atom is -0.421 e. The predicted octanol–water partition coefficient (Wildman–Crippen LogP) is 2.56. The van der Waals surface area contributed by atoms with Crippen molar-refractivity contribution in [2.75, 3.05) is 6.54 Å². The van der Waals surface area contributed by atoms with Crippen molar-refractivity contribution in [1.29, 1.82) is 0 Å². The maximum atomic E-state index is 5.90. The van der Waals surface area contributed by atoms with E-state index in [0.717, 1.165) is 6.54 Å². The fourth-order valence-corrected chi connectivity index (χ4v) is 2.74. The smallest absolute Gasteiger partial charge is 0.162 e. The molecule has 0 N–H and O–H groups in total. The molecule has 0 amide bonds. The maximum absolute atomic E-state index is 5.90. The number of nitrogens with zero attached hydrogens (tertiary/aromatic N) is 1. The Balaban J connectivity index is 3.23. The van der Waals surface area contributed by atoms with Crippen LogP contribution < -0.4 is 0 Å². The van der Waals surface area contributed by atoms with Crippen LogP contribution in [0.1, 0.15) is 46.5 Å². The number of hydrogen-bond donors (Lipinski definition) is 0. The first-order valence-electron chi connectivity index (χ1n) is 5.91. The van der Waals surface area contributed by atoms with E-state index in [1.807, 2.05) is 13.1 Å². The lowest BCUT2D eigenvalue weighted by molar-refractivity contribution is 0.194. The van der Waals surface area contributed by atoms with Crippen LogP contribution in [0.3, 0.4) is 0 Å². The lowest BCUT2D eigenvalue weighted by Crippen LogP contribution is -2.14.